The second-order valence-corrected chi connectivity index (χ2v) is 14.3. The van der Waals surface area contributed by atoms with Crippen molar-refractivity contribution in [3.8, 4) is 0 Å². The minimum absolute atomic E-state index is 0.0585. The van der Waals surface area contributed by atoms with Gasteiger partial charge in [0.1, 0.15) is 12.6 Å². The van der Waals surface area contributed by atoms with Crippen molar-refractivity contribution in [2.75, 3.05) is 10.8 Å². The maximum atomic E-state index is 14.5. The van der Waals surface area contributed by atoms with E-state index in [1.807, 2.05) is 61.5 Å². The Morgan fingerprint density at radius 2 is 1.42 bits per heavy atom. The molecule has 1 N–H and O–H groups in total. The molecule has 2 amide bonds. The number of hydrogen-bond acceptors (Lipinski definition) is 4. The van der Waals surface area contributed by atoms with Crippen molar-refractivity contribution in [2.45, 2.75) is 62.6 Å². The summed E-state index contributed by atoms with van der Waals surface area (Å²) in [6.45, 7) is 1.55. The van der Waals surface area contributed by atoms with Crippen LogP contribution in [0.5, 0.6) is 0 Å². The first-order valence-electron chi connectivity index (χ1n) is 15.2. The molecule has 45 heavy (non-hydrogen) atoms. The Labute approximate surface area is 274 Å². The van der Waals surface area contributed by atoms with E-state index < -0.39 is 28.5 Å². The highest BCUT2D eigenvalue weighted by atomic mass is 79.9. The van der Waals surface area contributed by atoms with Gasteiger partial charge in [-0.2, -0.15) is 0 Å². The maximum Gasteiger partial charge on any atom is 0.264 e. The van der Waals surface area contributed by atoms with Crippen LogP contribution >= 0.6 is 15.9 Å². The highest BCUT2D eigenvalue weighted by Gasteiger charge is 2.35. The van der Waals surface area contributed by atoms with Crippen LogP contribution in [0.2, 0.25) is 0 Å². The van der Waals surface area contributed by atoms with Crippen molar-refractivity contribution in [3.63, 3.8) is 0 Å². The molecule has 0 bridgehead atoms. The Morgan fingerprint density at radius 3 is 2.04 bits per heavy atom. The topological polar surface area (TPSA) is 86.8 Å². The predicted molar refractivity (Wildman–Crippen MR) is 181 cm³/mol. The third-order valence-electron chi connectivity index (χ3n) is 8.17. The van der Waals surface area contributed by atoms with Gasteiger partial charge in [0.2, 0.25) is 11.8 Å². The van der Waals surface area contributed by atoms with Crippen LogP contribution in [0.1, 0.15) is 42.4 Å². The number of aryl methyl sites for hydroxylation is 1. The quantitative estimate of drug-likeness (QED) is 0.181. The van der Waals surface area contributed by atoms with Gasteiger partial charge in [0.05, 0.1) is 10.6 Å². The molecule has 0 unspecified atom stereocenters. The molecule has 1 atom stereocenters. The lowest BCUT2D eigenvalue weighted by molar-refractivity contribution is -0.140. The summed E-state index contributed by atoms with van der Waals surface area (Å²) in [5.41, 5.74) is 3.02. The smallest absolute Gasteiger partial charge is 0.264 e. The van der Waals surface area contributed by atoms with Crippen LogP contribution in [0.25, 0.3) is 0 Å². The molecule has 1 aliphatic carbocycles. The number of anilines is 1. The van der Waals surface area contributed by atoms with E-state index in [2.05, 4.69) is 21.2 Å². The third-order valence-corrected chi connectivity index (χ3v) is 10.5. The van der Waals surface area contributed by atoms with Crippen LogP contribution in [0.4, 0.5) is 5.69 Å². The number of carbonyl (C=O) groups excluding carboxylic acids is 2. The van der Waals surface area contributed by atoms with E-state index in [1.165, 1.54) is 0 Å². The van der Waals surface area contributed by atoms with Gasteiger partial charge in [-0.3, -0.25) is 13.9 Å². The van der Waals surface area contributed by atoms with Crippen molar-refractivity contribution in [3.05, 3.63) is 130 Å². The van der Waals surface area contributed by atoms with E-state index in [9.17, 15) is 18.0 Å². The Hall–Kier alpha value is -3.95. The minimum Gasteiger partial charge on any atom is -0.352 e. The summed E-state index contributed by atoms with van der Waals surface area (Å²) in [7, 11) is -4.12. The molecule has 1 aliphatic rings. The van der Waals surface area contributed by atoms with Gasteiger partial charge in [0.15, 0.2) is 0 Å². The SMILES string of the molecule is Cc1ccc(S(=O)(=O)N(CC(=O)N(Cc2ccc(Br)cc2)[C@H](Cc2ccccc2)C(=O)NC2CCCC2)c2ccccc2)cc1. The Balaban J connectivity index is 1.54. The van der Waals surface area contributed by atoms with Gasteiger partial charge in [-0.1, -0.05) is 107 Å². The van der Waals surface area contributed by atoms with Crippen LogP contribution < -0.4 is 9.62 Å². The zero-order chi connectivity index (χ0) is 31.8. The van der Waals surface area contributed by atoms with Crippen LogP contribution in [0, 0.1) is 6.92 Å². The minimum atomic E-state index is -4.12. The van der Waals surface area contributed by atoms with Crippen molar-refractivity contribution in [1.82, 2.24) is 10.2 Å². The molecule has 0 aromatic heterocycles. The van der Waals surface area contributed by atoms with Gasteiger partial charge in [-0.25, -0.2) is 8.42 Å². The number of benzene rings is 4. The third kappa shape index (κ3) is 8.41. The fourth-order valence-electron chi connectivity index (χ4n) is 5.67. The molecule has 7 nitrogen and oxygen atoms in total. The van der Waals surface area contributed by atoms with E-state index >= 15 is 0 Å². The Bertz CT molecular complexity index is 1680. The molecule has 0 saturated heterocycles. The van der Waals surface area contributed by atoms with Crippen molar-refractivity contribution in [1.29, 1.82) is 0 Å². The van der Waals surface area contributed by atoms with Crippen LogP contribution in [-0.4, -0.2) is 43.8 Å². The molecule has 0 radical (unpaired) electrons. The lowest BCUT2D eigenvalue weighted by Crippen LogP contribution is -2.54. The summed E-state index contributed by atoms with van der Waals surface area (Å²) in [6.07, 6.45) is 4.21. The summed E-state index contributed by atoms with van der Waals surface area (Å²) in [4.78, 5) is 30.2. The number of amides is 2. The molecule has 0 heterocycles. The first-order chi connectivity index (χ1) is 21.7. The number of sulfonamides is 1. The van der Waals surface area contributed by atoms with Crippen molar-refractivity contribution < 1.29 is 18.0 Å². The van der Waals surface area contributed by atoms with Crippen LogP contribution in [0.3, 0.4) is 0 Å². The van der Waals surface area contributed by atoms with Crippen LogP contribution in [-0.2, 0) is 32.6 Å². The van der Waals surface area contributed by atoms with Gasteiger partial charge in [-0.05, 0) is 67.3 Å². The zero-order valence-corrected chi connectivity index (χ0v) is 27.7. The summed E-state index contributed by atoms with van der Waals surface area (Å²) >= 11 is 3.47. The molecule has 9 heteroatoms. The predicted octanol–water partition coefficient (Wildman–Crippen LogP) is 6.65. The van der Waals surface area contributed by atoms with Gasteiger partial charge >= 0.3 is 0 Å². The molecule has 4 aromatic rings. The average Bonchev–Trinajstić information content (AvgIpc) is 3.56. The van der Waals surface area contributed by atoms with Crippen molar-refractivity contribution >= 4 is 43.5 Å². The summed E-state index contributed by atoms with van der Waals surface area (Å²) in [5.74, 6) is -0.705. The molecule has 4 aromatic carbocycles. The molecule has 1 fully saturated rings. The molecule has 1 saturated carbocycles. The van der Waals surface area contributed by atoms with E-state index in [1.54, 1.807) is 59.5 Å². The van der Waals surface area contributed by atoms with E-state index in [4.69, 9.17) is 0 Å². The fraction of sp³-hybridized carbons (Fsp3) is 0.278. The maximum absolute atomic E-state index is 14.5. The summed E-state index contributed by atoms with van der Waals surface area (Å²) in [6, 6.07) is 31.6. The molecule has 5 rings (SSSR count). The van der Waals surface area contributed by atoms with Gasteiger partial charge in [0, 0.05) is 23.5 Å². The zero-order valence-electron chi connectivity index (χ0n) is 25.3. The number of hydrogen-bond donors (Lipinski definition) is 1. The van der Waals surface area contributed by atoms with Gasteiger partial charge in [-0.15, -0.1) is 0 Å². The first kappa shape index (κ1) is 32.4. The molecule has 234 valence electrons. The average molecular weight is 689 g/mol. The number of para-hydroxylation sites is 1. The molecule has 0 spiro atoms. The Kier molecular flexibility index (Phi) is 10.7. The van der Waals surface area contributed by atoms with E-state index in [0.717, 1.165) is 51.2 Å². The second kappa shape index (κ2) is 14.9. The van der Waals surface area contributed by atoms with E-state index in [-0.39, 0.29) is 29.8 Å². The van der Waals surface area contributed by atoms with Crippen molar-refractivity contribution in [2.24, 2.45) is 0 Å². The number of rotatable bonds is 12. The summed E-state index contributed by atoms with van der Waals surface area (Å²) < 4.78 is 30.2. The highest BCUT2D eigenvalue weighted by Crippen LogP contribution is 2.26. The number of halogens is 1. The van der Waals surface area contributed by atoms with Crippen LogP contribution in [0.15, 0.2) is 119 Å². The first-order valence-corrected chi connectivity index (χ1v) is 17.5. The monoisotopic (exact) mass is 687 g/mol. The lowest BCUT2D eigenvalue weighted by Gasteiger charge is -2.34. The molecular weight excluding hydrogens is 650 g/mol. The standard InChI is InChI=1S/C36H38BrN3O4S/c1-27-16-22-33(23-17-27)45(43,44)40(32-14-6-3-7-15-32)26-35(41)39(25-29-18-20-30(37)21-19-29)34(24-28-10-4-2-5-11-28)36(42)38-31-12-8-9-13-31/h2-7,10-11,14-23,31,34H,8-9,12-13,24-26H2,1H3,(H,38,42)/t34-/m1/s1. The number of nitrogens with one attached hydrogen (secondary N) is 1. The van der Waals surface area contributed by atoms with Gasteiger partial charge < -0.3 is 10.2 Å². The number of nitrogens with zero attached hydrogens (tertiary/aromatic N) is 2. The normalized spacial score (nSPS) is 14.1. The Morgan fingerprint density at radius 1 is 0.822 bits per heavy atom. The lowest BCUT2D eigenvalue weighted by atomic mass is 10.0. The summed E-state index contributed by atoms with van der Waals surface area (Å²) in [5, 5.41) is 3.20. The van der Waals surface area contributed by atoms with E-state index in [0.29, 0.717) is 5.69 Å². The molecule has 0 aliphatic heterocycles. The highest BCUT2D eigenvalue weighted by molar-refractivity contribution is 9.10. The fourth-order valence-corrected chi connectivity index (χ4v) is 7.35. The number of carbonyl (C=O) groups is 2. The molecular formula is C36H38BrN3O4S. The largest absolute Gasteiger partial charge is 0.352 e. The van der Waals surface area contributed by atoms with Gasteiger partial charge in [0.25, 0.3) is 10.0 Å². The second-order valence-electron chi connectivity index (χ2n) is 11.5.